The standard InChI is InChI=1S/C15H14N4O/c16-12-7-10(15(17)20)5-6-11(12)8-19-9-18-13-3-1-2-4-14(13)19/h1-7,9H,8,16H2,(H2,17,20). The number of para-hydroxylation sites is 2. The van der Waals surface area contributed by atoms with Crippen molar-refractivity contribution in [2.24, 2.45) is 5.73 Å². The predicted octanol–water partition coefficient (Wildman–Crippen LogP) is 1.77. The van der Waals surface area contributed by atoms with Crippen LogP contribution in [-0.2, 0) is 6.54 Å². The minimum atomic E-state index is -0.476. The Morgan fingerprint density at radius 3 is 2.75 bits per heavy atom. The van der Waals surface area contributed by atoms with E-state index < -0.39 is 5.91 Å². The number of rotatable bonds is 3. The van der Waals surface area contributed by atoms with E-state index in [0.29, 0.717) is 17.8 Å². The van der Waals surface area contributed by atoms with Crippen LogP contribution in [0.5, 0.6) is 0 Å². The van der Waals surface area contributed by atoms with Gasteiger partial charge >= 0.3 is 0 Å². The molecule has 0 bridgehead atoms. The molecule has 3 rings (SSSR count). The van der Waals surface area contributed by atoms with Crippen molar-refractivity contribution in [3.8, 4) is 0 Å². The first-order chi connectivity index (χ1) is 9.65. The summed E-state index contributed by atoms with van der Waals surface area (Å²) in [6.45, 7) is 0.603. The molecule has 0 fully saturated rings. The topological polar surface area (TPSA) is 86.9 Å². The Morgan fingerprint density at radius 1 is 1.20 bits per heavy atom. The molecule has 0 aliphatic heterocycles. The number of carbonyl (C=O) groups excluding carboxylic acids is 1. The Bertz CT molecular complexity index is 791. The summed E-state index contributed by atoms with van der Waals surface area (Å²) in [5.74, 6) is -0.476. The van der Waals surface area contributed by atoms with Crippen LogP contribution in [0.1, 0.15) is 15.9 Å². The number of amides is 1. The quantitative estimate of drug-likeness (QED) is 0.708. The van der Waals surface area contributed by atoms with E-state index in [1.807, 2.05) is 34.9 Å². The number of nitrogen functional groups attached to an aromatic ring is 1. The Hall–Kier alpha value is -2.82. The number of anilines is 1. The summed E-state index contributed by atoms with van der Waals surface area (Å²) in [6.07, 6.45) is 1.78. The number of nitrogens with two attached hydrogens (primary N) is 2. The van der Waals surface area contributed by atoms with Crippen molar-refractivity contribution in [2.75, 3.05) is 5.73 Å². The van der Waals surface area contributed by atoms with Crippen LogP contribution in [0.25, 0.3) is 11.0 Å². The maximum atomic E-state index is 11.1. The third-order valence-electron chi connectivity index (χ3n) is 3.30. The van der Waals surface area contributed by atoms with E-state index in [1.54, 1.807) is 18.5 Å². The van der Waals surface area contributed by atoms with Crippen LogP contribution in [0.2, 0.25) is 0 Å². The van der Waals surface area contributed by atoms with Crippen LogP contribution in [0.3, 0.4) is 0 Å². The molecule has 0 radical (unpaired) electrons. The van der Waals surface area contributed by atoms with Gasteiger partial charge in [0.25, 0.3) is 0 Å². The van der Waals surface area contributed by atoms with Crippen LogP contribution < -0.4 is 11.5 Å². The lowest BCUT2D eigenvalue weighted by Gasteiger charge is -2.08. The molecule has 0 saturated heterocycles. The highest BCUT2D eigenvalue weighted by molar-refractivity contribution is 5.93. The Kier molecular flexibility index (Phi) is 2.87. The predicted molar refractivity (Wildman–Crippen MR) is 78.2 cm³/mol. The zero-order chi connectivity index (χ0) is 14.1. The summed E-state index contributed by atoms with van der Waals surface area (Å²) < 4.78 is 2.02. The Morgan fingerprint density at radius 2 is 2.00 bits per heavy atom. The molecule has 5 nitrogen and oxygen atoms in total. The summed E-state index contributed by atoms with van der Waals surface area (Å²) in [4.78, 5) is 15.4. The third-order valence-corrected chi connectivity index (χ3v) is 3.30. The fourth-order valence-electron chi connectivity index (χ4n) is 2.21. The molecule has 3 aromatic rings. The summed E-state index contributed by atoms with van der Waals surface area (Å²) in [7, 11) is 0. The molecule has 0 spiro atoms. The number of carbonyl (C=O) groups is 1. The molecule has 1 heterocycles. The minimum absolute atomic E-state index is 0.418. The van der Waals surface area contributed by atoms with Gasteiger partial charge in [-0.3, -0.25) is 4.79 Å². The lowest BCUT2D eigenvalue weighted by atomic mass is 10.1. The second-order valence-corrected chi connectivity index (χ2v) is 4.64. The van der Waals surface area contributed by atoms with Gasteiger partial charge in [-0.1, -0.05) is 18.2 Å². The average molecular weight is 266 g/mol. The number of primary amides is 1. The molecule has 1 amide bonds. The molecule has 0 aliphatic carbocycles. The first-order valence-corrected chi connectivity index (χ1v) is 6.23. The van der Waals surface area contributed by atoms with Gasteiger partial charge in [0.05, 0.1) is 23.9 Å². The third kappa shape index (κ3) is 2.09. The van der Waals surface area contributed by atoms with Gasteiger partial charge in [-0.2, -0.15) is 0 Å². The summed E-state index contributed by atoms with van der Waals surface area (Å²) in [5.41, 5.74) is 15.1. The number of imidazole rings is 1. The van der Waals surface area contributed by atoms with Gasteiger partial charge in [0.1, 0.15) is 0 Å². The van der Waals surface area contributed by atoms with Crippen LogP contribution in [-0.4, -0.2) is 15.5 Å². The monoisotopic (exact) mass is 266 g/mol. The smallest absolute Gasteiger partial charge is 0.248 e. The second kappa shape index (κ2) is 4.70. The first-order valence-electron chi connectivity index (χ1n) is 6.23. The fourth-order valence-corrected chi connectivity index (χ4v) is 2.21. The zero-order valence-electron chi connectivity index (χ0n) is 10.8. The molecule has 0 atom stereocenters. The van der Waals surface area contributed by atoms with Crippen LogP contribution in [0.15, 0.2) is 48.8 Å². The van der Waals surface area contributed by atoms with Gasteiger partial charge in [-0.05, 0) is 29.8 Å². The second-order valence-electron chi connectivity index (χ2n) is 4.64. The van der Waals surface area contributed by atoms with E-state index in [2.05, 4.69) is 4.98 Å². The van der Waals surface area contributed by atoms with Crippen LogP contribution in [0.4, 0.5) is 5.69 Å². The summed E-state index contributed by atoms with van der Waals surface area (Å²) in [6, 6.07) is 13.0. The van der Waals surface area contributed by atoms with Crippen molar-refractivity contribution >= 4 is 22.6 Å². The molecule has 1 aromatic heterocycles. The number of aromatic nitrogens is 2. The number of benzene rings is 2. The van der Waals surface area contributed by atoms with Gasteiger partial charge in [0.15, 0.2) is 0 Å². The first kappa shape index (κ1) is 12.2. The van der Waals surface area contributed by atoms with E-state index in [0.717, 1.165) is 16.6 Å². The summed E-state index contributed by atoms with van der Waals surface area (Å²) >= 11 is 0. The molecule has 20 heavy (non-hydrogen) atoms. The van der Waals surface area contributed by atoms with Gasteiger partial charge in [0, 0.05) is 11.3 Å². The van der Waals surface area contributed by atoms with E-state index in [9.17, 15) is 4.79 Å². The molecule has 4 N–H and O–H groups in total. The molecule has 0 unspecified atom stereocenters. The van der Waals surface area contributed by atoms with E-state index in [4.69, 9.17) is 11.5 Å². The van der Waals surface area contributed by atoms with Crippen molar-refractivity contribution in [3.05, 3.63) is 59.9 Å². The van der Waals surface area contributed by atoms with Crippen molar-refractivity contribution in [1.29, 1.82) is 0 Å². The zero-order valence-corrected chi connectivity index (χ0v) is 10.8. The number of hydrogen-bond donors (Lipinski definition) is 2. The highest BCUT2D eigenvalue weighted by Crippen LogP contribution is 2.19. The molecule has 100 valence electrons. The minimum Gasteiger partial charge on any atom is -0.398 e. The molecule has 0 saturated carbocycles. The van der Waals surface area contributed by atoms with E-state index in [-0.39, 0.29) is 0 Å². The summed E-state index contributed by atoms with van der Waals surface area (Å²) in [5, 5.41) is 0. The van der Waals surface area contributed by atoms with E-state index >= 15 is 0 Å². The highest BCUT2D eigenvalue weighted by Gasteiger charge is 2.07. The van der Waals surface area contributed by atoms with Crippen molar-refractivity contribution < 1.29 is 4.79 Å². The van der Waals surface area contributed by atoms with Crippen molar-refractivity contribution in [2.45, 2.75) is 6.54 Å². The Balaban J connectivity index is 1.97. The average Bonchev–Trinajstić information content (AvgIpc) is 2.84. The lowest BCUT2D eigenvalue weighted by molar-refractivity contribution is 0.100. The largest absolute Gasteiger partial charge is 0.398 e. The Labute approximate surface area is 115 Å². The van der Waals surface area contributed by atoms with E-state index in [1.165, 1.54) is 0 Å². The lowest BCUT2D eigenvalue weighted by Crippen LogP contribution is -2.12. The van der Waals surface area contributed by atoms with Crippen LogP contribution in [0, 0.1) is 0 Å². The molecule has 5 heteroatoms. The van der Waals surface area contributed by atoms with Gasteiger partial charge < -0.3 is 16.0 Å². The van der Waals surface area contributed by atoms with Crippen molar-refractivity contribution in [3.63, 3.8) is 0 Å². The number of fused-ring (bicyclic) bond motifs is 1. The maximum Gasteiger partial charge on any atom is 0.248 e. The maximum absolute atomic E-state index is 11.1. The molecule has 0 aliphatic rings. The van der Waals surface area contributed by atoms with Gasteiger partial charge in [-0.15, -0.1) is 0 Å². The van der Waals surface area contributed by atoms with Crippen molar-refractivity contribution in [1.82, 2.24) is 9.55 Å². The molecular formula is C15H14N4O. The number of hydrogen-bond acceptors (Lipinski definition) is 3. The molecule has 2 aromatic carbocycles. The van der Waals surface area contributed by atoms with Gasteiger partial charge in [0.2, 0.25) is 5.91 Å². The fraction of sp³-hybridized carbons (Fsp3) is 0.0667. The highest BCUT2D eigenvalue weighted by atomic mass is 16.1. The van der Waals surface area contributed by atoms with Gasteiger partial charge in [-0.25, -0.2) is 4.98 Å². The number of nitrogens with zero attached hydrogens (tertiary/aromatic N) is 2. The SMILES string of the molecule is NC(=O)c1ccc(Cn2cnc3ccccc32)c(N)c1. The molecular weight excluding hydrogens is 252 g/mol. The van der Waals surface area contributed by atoms with Crippen LogP contribution >= 0.6 is 0 Å². The normalized spacial score (nSPS) is 10.8.